The molecule has 0 fully saturated rings. The molecule has 2 unspecified atom stereocenters. The van der Waals surface area contributed by atoms with Gasteiger partial charge in [0.05, 0.1) is 19.1 Å². The van der Waals surface area contributed by atoms with Crippen LogP contribution in [0.4, 0.5) is 0 Å². The lowest BCUT2D eigenvalue weighted by molar-refractivity contribution is -0.152. The Hall–Kier alpha value is -2.90. The van der Waals surface area contributed by atoms with Gasteiger partial charge in [-0.25, -0.2) is 0 Å². The second-order valence-corrected chi connectivity index (χ2v) is 11.8. The largest absolute Gasteiger partial charge is 0.469 e. The normalized spacial score (nSPS) is 13.6. The second-order valence-electron chi connectivity index (χ2n) is 9.71. The number of ether oxygens (including phenoxy) is 1. The maximum Gasteiger partial charge on any atom is 0.311 e. The van der Waals surface area contributed by atoms with Crippen molar-refractivity contribution in [2.75, 3.05) is 13.7 Å². The van der Waals surface area contributed by atoms with E-state index in [4.69, 9.17) is 13.6 Å². The van der Waals surface area contributed by atoms with E-state index in [1.807, 2.05) is 42.5 Å². The molecule has 2 atom stereocenters. The van der Waals surface area contributed by atoms with Crippen LogP contribution in [-0.2, 0) is 14.0 Å². The molecule has 7 heteroatoms. The van der Waals surface area contributed by atoms with Crippen LogP contribution < -0.4 is 5.32 Å². The summed E-state index contributed by atoms with van der Waals surface area (Å²) >= 11 is 0. The highest BCUT2D eigenvalue weighted by Gasteiger charge is 2.38. The van der Waals surface area contributed by atoms with Crippen molar-refractivity contribution in [3.63, 3.8) is 0 Å². The fraction of sp³-hybridized carbons (Fsp3) is 0.407. The van der Waals surface area contributed by atoms with Crippen LogP contribution >= 0.6 is 0 Å². The van der Waals surface area contributed by atoms with E-state index in [1.165, 1.54) is 7.11 Å². The second kappa shape index (κ2) is 11.0. The number of furan rings is 1. The van der Waals surface area contributed by atoms with Gasteiger partial charge in [0.2, 0.25) is 9.04 Å². The number of rotatable bonds is 9. The summed E-state index contributed by atoms with van der Waals surface area (Å²) < 4.78 is 17.2. The number of fused-ring (bicyclic) bond motifs is 1. The molecule has 0 bridgehead atoms. The molecule has 181 valence electrons. The molecule has 3 rings (SSSR count). The minimum atomic E-state index is -1.02. The van der Waals surface area contributed by atoms with Crippen molar-refractivity contribution in [3.05, 3.63) is 60.2 Å². The molecule has 0 spiro atoms. The SMILES string of the molecule is COC(=O)C(CCNC(=O)c1ccc(-c2cc3ccccc3o2)cc1)C(O[Si](C)C)C(C)(C)C. The summed E-state index contributed by atoms with van der Waals surface area (Å²) in [6, 6.07) is 17.1. The number of nitrogens with one attached hydrogen (secondary N) is 1. The van der Waals surface area contributed by atoms with Gasteiger partial charge < -0.3 is 18.9 Å². The highest BCUT2D eigenvalue weighted by Crippen LogP contribution is 2.32. The Labute approximate surface area is 203 Å². The van der Waals surface area contributed by atoms with Crippen LogP contribution in [-0.4, -0.2) is 40.7 Å². The number of para-hydroxylation sites is 1. The van der Waals surface area contributed by atoms with Crippen molar-refractivity contribution >= 4 is 31.9 Å². The molecule has 2 aromatic carbocycles. The Balaban J connectivity index is 1.64. The number of esters is 1. The molecule has 3 aromatic rings. The van der Waals surface area contributed by atoms with Crippen molar-refractivity contribution in [2.45, 2.75) is 46.4 Å². The summed E-state index contributed by atoms with van der Waals surface area (Å²) in [4.78, 5) is 25.3. The van der Waals surface area contributed by atoms with E-state index >= 15 is 0 Å². The molecule has 1 aromatic heterocycles. The number of benzene rings is 2. The van der Waals surface area contributed by atoms with E-state index in [-0.39, 0.29) is 23.4 Å². The van der Waals surface area contributed by atoms with Gasteiger partial charge in [0.1, 0.15) is 11.3 Å². The van der Waals surface area contributed by atoms with Gasteiger partial charge in [0, 0.05) is 23.1 Å². The Kier molecular flexibility index (Phi) is 8.33. The van der Waals surface area contributed by atoms with Gasteiger partial charge in [-0.3, -0.25) is 9.59 Å². The number of carbonyl (C=O) groups excluding carboxylic acids is 2. The average molecular weight is 481 g/mol. The Bertz CT molecular complexity index is 1080. The summed E-state index contributed by atoms with van der Waals surface area (Å²) in [7, 11) is 0.367. The molecule has 1 N–H and O–H groups in total. The summed E-state index contributed by atoms with van der Waals surface area (Å²) in [6.45, 7) is 10.6. The van der Waals surface area contributed by atoms with Gasteiger partial charge >= 0.3 is 5.97 Å². The summed E-state index contributed by atoms with van der Waals surface area (Å²) in [5, 5.41) is 3.97. The number of carbonyl (C=O) groups is 2. The van der Waals surface area contributed by atoms with Crippen LogP contribution in [0, 0.1) is 11.3 Å². The molecular weight excluding hydrogens is 446 g/mol. The van der Waals surface area contributed by atoms with E-state index in [0.29, 0.717) is 18.5 Å². The smallest absolute Gasteiger partial charge is 0.311 e. The third-order valence-electron chi connectivity index (χ3n) is 5.68. The van der Waals surface area contributed by atoms with Gasteiger partial charge in [-0.1, -0.05) is 51.1 Å². The van der Waals surface area contributed by atoms with Crippen LogP contribution in [0.1, 0.15) is 37.6 Å². The Morgan fingerprint density at radius 1 is 1.06 bits per heavy atom. The number of methoxy groups -OCH3 is 1. The number of amides is 1. The van der Waals surface area contributed by atoms with E-state index in [1.54, 1.807) is 12.1 Å². The van der Waals surface area contributed by atoms with Crippen LogP contribution in [0.25, 0.3) is 22.3 Å². The minimum Gasteiger partial charge on any atom is -0.469 e. The predicted octanol–water partition coefficient (Wildman–Crippen LogP) is 5.69. The molecule has 0 aliphatic rings. The molecule has 0 saturated heterocycles. The molecule has 0 aliphatic heterocycles. The lowest BCUT2D eigenvalue weighted by Gasteiger charge is -2.37. The van der Waals surface area contributed by atoms with Crippen molar-refractivity contribution < 1.29 is 23.2 Å². The third kappa shape index (κ3) is 6.36. The van der Waals surface area contributed by atoms with Gasteiger partial charge in [-0.15, -0.1) is 0 Å². The highest BCUT2D eigenvalue weighted by atomic mass is 28.3. The number of hydrogen-bond donors (Lipinski definition) is 1. The molecule has 6 nitrogen and oxygen atoms in total. The molecule has 0 saturated carbocycles. The zero-order valence-electron chi connectivity index (χ0n) is 20.8. The molecule has 1 heterocycles. The first-order chi connectivity index (χ1) is 16.1. The fourth-order valence-electron chi connectivity index (χ4n) is 4.01. The quantitative estimate of drug-likeness (QED) is 0.314. The van der Waals surface area contributed by atoms with Crippen LogP contribution in [0.2, 0.25) is 13.1 Å². The van der Waals surface area contributed by atoms with E-state index < -0.39 is 15.0 Å². The minimum absolute atomic E-state index is 0.191. The van der Waals surface area contributed by atoms with Crippen molar-refractivity contribution in [1.82, 2.24) is 5.32 Å². The zero-order chi connectivity index (χ0) is 24.9. The highest BCUT2D eigenvalue weighted by molar-refractivity contribution is 6.48. The zero-order valence-corrected chi connectivity index (χ0v) is 21.8. The third-order valence-corrected chi connectivity index (χ3v) is 6.41. The maximum absolute atomic E-state index is 12.7. The van der Waals surface area contributed by atoms with Gasteiger partial charge in [0.15, 0.2) is 0 Å². The van der Waals surface area contributed by atoms with E-state index in [9.17, 15) is 9.59 Å². The summed E-state index contributed by atoms with van der Waals surface area (Å²) in [6.07, 6.45) is 0.149. The monoisotopic (exact) mass is 480 g/mol. The van der Waals surface area contributed by atoms with Crippen LogP contribution in [0.5, 0.6) is 0 Å². The summed E-state index contributed by atoms with van der Waals surface area (Å²) in [5.41, 5.74) is 2.04. The Morgan fingerprint density at radius 3 is 2.32 bits per heavy atom. The van der Waals surface area contributed by atoms with Crippen molar-refractivity contribution in [3.8, 4) is 11.3 Å². The van der Waals surface area contributed by atoms with Crippen molar-refractivity contribution in [1.29, 1.82) is 0 Å². The van der Waals surface area contributed by atoms with Gasteiger partial charge in [-0.2, -0.15) is 0 Å². The van der Waals surface area contributed by atoms with E-state index in [2.05, 4.69) is 39.2 Å². The Morgan fingerprint density at radius 2 is 1.74 bits per heavy atom. The van der Waals surface area contributed by atoms with E-state index in [0.717, 1.165) is 22.3 Å². The lowest BCUT2D eigenvalue weighted by atomic mass is 9.80. The molecule has 0 aliphatic carbocycles. The van der Waals surface area contributed by atoms with Crippen LogP contribution in [0.15, 0.2) is 59.0 Å². The summed E-state index contributed by atoms with van der Waals surface area (Å²) in [5.74, 6) is -0.202. The maximum atomic E-state index is 12.7. The first-order valence-corrected chi connectivity index (χ1v) is 13.9. The lowest BCUT2D eigenvalue weighted by Crippen LogP contribution is -2.44. The average Bonchev–Trinajstić information content (AvgIpc) is 3.24. The fourth-order valence-corrected chi connectivity index (χ4v) is 5.04. The van der Waals surface area contributed by atoms with Crippen molar-refractivity contribution in [2.24, 2.45) is 11.3 Å². The topological polar surface area (TPSA) is 77.8 Å². The predicted molar refractivity (Wildman–Crippen MR) is 136 cm³/mol. The first kappa shape index (κ1) is 25.7. The number of hydrogen-bond acceptors (Lipinski definition) is 5. The molecule has 1 amide bonds. The van der Waals surface area contributed by atoms with Gasteiger partial charge in [0.25, 0.3) is 5.91 Å². The standard InChI is InChI=1S/C27H34NO5Si/c1-27(2,3)24(33-34(5)6)21(26(30)31-4)15-16-28-25(29)19-13-11-18(12-14-19)23-17-20-9-7-8-10-22(20)32-23/h7-14,17,21,24H,15-16H2,1-6H3,(H,28,29). The molecule has 34 heavy (non-hydrogen) atoms. The first-order valence-electron chi connectivity index (χ1n) is 11.5. The van der Waals surface area contributed by atoms with Gasteiger partial charge in [-0.05, 0) is 49.2 Å². The molecular formula is C27H34NO5Si. The van der Waals surface area contributed by atoms with Crippen LogP contribution in [0.3, 0.4) is 0 Å². The molecule has 1 radical (unpaired) electrons.